The van der Waals surface area contributed by atoms with E-state index in [1.54, 1.807) is 18.9 Å². The van der Waals surface area contributed by atoms with Crippen molar-refractivity contribution in [1.82, 2.24) is 0 Å². The molecule has 0 amide bonds. The molecule has 0 aliphatic heterocycles. The van der Waals surface area contributed by atoms with Crippen molar-refractivity contribution in [2.24, 2.45) is 5.73 Å². The number of ether oxygens (including phenoxy) is 1. The third-order valence-electron chi connectivity index (χ3n) is 3.21. The Morgan fingerprint density at radius 2 is 1.70 bits per heavy atom. The summed E-state index contributed by atoms with van der Waals surface area (Å²) in [5.41, 5.74) is 8.70. The molecule has 0 aromatic heterocycles. The van der Waals surface area contributed by atoms with Gasteiger partial charge in [0.15, 0.2) is 0 Å². The van der Waals surface area contributed by atoms with Gasteiger partial charge in [-0.15, -0.1) is 11.8 Å². The fourth-order valence-corrected chi connectivity index (χ4v) is 3.29. The van der Waals surface area contributed by atoms with Gasteiger partial charge >= 0.3 is 0 Å². The number of para-hydroxylation sites is 1. The van der Waals surface area contributed by atoms with Crippen molar-refractivity contribution >= 4 is 11.8 Å². The predicted octanol–water partition coefficient (Wildman–Crippen LogP) is 4.18. The Bertz CT molecular complexity index is 551. The van der Waals surface area contributed by atoms with Crippen molar-refractivity contribution in [3.05, 3.63) is 59.7 Å². The van der Waals surface area contributed by atoms with E-state index in [4.69, 9.17) is 10.5 Å². The van der Waals surface area contributed by atoms with Crippen molar-refractivity contribution in [3.8, 4) is 5.75 Å². The van der Waals surface area contributed by atoms with Gasteiger partial charge in [-0.2, -0.15) is 0 Å². The van der Waals surface area contributed by atoms with Crippen molar-refractivity contribution in [3.63, 3.8) is 0 Å². The highest BCUT2D eigenvalue weighted by molar-refractivity contribution is 7.99. The maximum absolute atomic E-state index is 6.18. The molecule has 106 valence electrons. The highest BCUT2D eigenvalue weighted by atomic mass is 32.2. The van der Waals surface area contributed by atoms with Crippen LogP contribution in [0.2, 0.25) is 0 Å². The summed E-state index contributed by atoms with van der Waals surface area (Å²) in [5.74, 6) is 0.898. The molecule has 3 heteroatoms. The zero-order valence-corrected chi connectivity index (χ0v) is 13.0. The molecule has 20 heavy (non-hydrogen) atoms. The topological polar surface area (TPSA) is 35.2 Å². The average molecular weight is 287 g/mol. The third-order valence-corrected chi connectivity index (χ3v) is 4.75. The van der Waals surface area contributed by atoms with Crippen LogP contribution in [-0.2, 0) is 0 Å². The molecule has 0 bridgehead atoms. The molecule has 2 aromatic carbocycles. The lowest BCUT2D eigenvalue weighted by Crippen LogP contribution is -2.22. The lowest BCUT2D eigenvalue weighted by atomic mass is 10.1. The summed E-state index contributed by atoms with van der Waals surface area (Å²) in [6.07, 6.45) is 0. The molecule has 0 saturated heterocycles. The largest absolute Gasteiger partial charge is 0.496 e. The summed E-state index contributed by atoms with van der Waals surface area (Å²) in [6.45, 7) is 4.14. The number of methoxy groups -OCH3 is 1. The van der Waals surface area contributed by atoms with E-state index >= 15 is 0 Å². The van der Waals surface area contributed by atoms with Gasteiger partial charge in [0, 0.05) is 16.2 Å². The molecular weight excluding hydrogens is 266 g/mol. The summed E-state index contributed by atoms with van der Waals surface area (Å²) in [5, 5.41) is 0.215. The highest BCUT2D eigenvalue weighted by Crippen LogP contribution is 2.41. The minimum atomic E-state index is 0.0626. The first-order chi connectivity index (χ1) is 9.61. The van der Waals surface area contributed by atoms with E-state index in [9.17, 15) is 0 Å². The summed E-state index contributed by atoms with van der Waals surface area (Å²) in [4.78, 5) is 1.12. The standard InChI is InChI=1S/C17H21NOS/c1-12-8-10-14(11-9-12)17(13(2)18)20-16-7-5-4-6-15(16)19-3/h4-11,13,17H,18H2,1-3H3. The zero-order chi connectivity index (χ0) is 14.5. The van der Waals surface area contributed by atoms with E-state index in [2.05, 4.69) is 37.3 Å². The molecule has 2 rings (SSSR count). The zero-order valence-electron chi connectivity index (χ0n) is 12.2. The normalized spacial score (nSPS) is 13.8. The van der Waals surface area contributed by atoms with Crippen LogP contribution in [0.3, 0.4) is 0 Å². The van der Waals surface area contributed by atoms with Crippen LogP contribution in [0.1, 0.15) is 23.3 Å². The quantitative estimate of drug-likeness (QED) is 0.838. The number of rotatable bonds is 5. The first kappa shape index (κ1) is 14.9. The van der Waals surface area contributed by atoms with Crippen LogP contribution >= 0.6 is 11.8 Å². The summed E-state index contributed by atoms with van der Waals surface area (Å²) >= 11 is 1.76. The van der Waals surface area contributed by atoms with Gasteiger partial charge in [0.05, 0.1) is 7.11 Å². The smallest absolute Gasteiger partial charge is 0.132 e. The first-order valence-electron chi connectivity index (χ1n) is 6.73. The van der Waals surface area contributed by atoms with E-state index in [0.717, 1.165) is 10.6 Å². The number of hydrogen-bond donors (Lipinski definition) is 1. The van der Waals surface area contributed by atoms with Crippen LogP contribution < -0.4 is 10.5 Å². The number of nitrogens with two attached hydrogens (primary N) is 1. The number of aryl methyl sites for hydroxylation is 1. The Morgan fingerprint density at radius 1 is 1.05 bits per heavy atom. The minimum Gasteiger partial charge on any atom is -0.496 e. The molecule has 0 fully saturated rings. The van der Waals surface area contributed by atoms with Gasteiger partial charge in [-0.25, -0.2) is 0 Å². The second kappa shape index (κ2) is 6.82. The monoisotopic (exact) mass is 287 g/mol. The van der Waals surface area contributed by atoms with Crippen molar-refractivity contribution < 1.29 is 4.74 Å². The molecule has 0 saturated carbocycles. The number of benzene rings is 2. The predicted molar refractivity (Wildman–Crippen MR) is 86.4 cm³/mol. The Labute approximate surface area is 125 Å². The fourth-order valence-electron chi connectivity index (χ4n) is 2.09. The number of thioether (sulfide) groups is 1. The Balaban J connectivity index is 2.28. The van der Waals surface area contributed by atoms with E-state index in [-0.39, 0.29) is 11.3 Å². The Hall–Kier alpha value is -1.45. The van der Waals surface area contributed by atoms with Crippen LogP contribution in [0.15, 0.2) is 53.4 Å². The molecule has 2 unspecified atom stereocenters. The summed E-state index contributed by atoms with van der Waals surface area (Å²) in [7, 11) is 1.70. The molecular formula is C17H21NOS. The number of hydrogen-bond acceptors (Lipinski definition) is 3. The summed E-state index contributed by atoms with van der Waals surface area (Å²) < 4.78 is 5.42. The van der Waals surface area contributed by atoms with Crippen LogP contribution in [0.5, 0.6) is 5.75 Å². The second-order valence-electron chi connectivity index (χ2n) is 4.96. The van der Waals surface area contributed by atoms with Gasteiger partial charge < -0.3 is 10.5 Å². The van der Waals surface area contributed by atoms with Crippen LogP contribution in [-0.4, -0.2) is 13.2 Å². The molecule has 2 aromatic rings. The maximum atomic E-state index is 6.18. The van der Waals surface area contributed by atoms with Gasteiger partial charge in [-0.05, 0) is 31.5 Å². The molecule has 2 atom stereocenters. The highest BCUT2D eigenvalue weighted by Gasteiger charge is 2.19. The fraction of sp³-hybridized carbons (Fsp3) is 0.294. The second-order valence-corrected chi connectivity index (χ2v) is 6.14. The maximum Gasteiger partial charge on any atom is 0.132 e. The van der Waals surface area contributed by atoms with Gasteiger partial charge in [-0.3, -0.25) is 0 Å². The van der Waals surface area contributed by atoms with Gasteiger partial charge in [0.1, 0.15) is 5.75 Å². The third kappa shape index (κ3) is 3.56. The molecule has 0 radical (unpaired) electrons. The summed E-state index contributed by atoms with van der Waals surface area (Å²) in [6, 6.07) is 16.7. The molecule has 0 aliphatic carbocycles. The van der Waals surface area contributed by atoms with E-state index in [1.165, 1.54) is 11.1 Å². The minimum absolute atomic E-state index is 0.0626. The van der Waals surface area contributed by atoms with Crippen molar-refractivity contribution in [2.45, 2.75) is 30.0 Å². The lowest BCUT2D eigenvalue weighted by molar-refractivity contribution is 0.404. The van der Waals surface area contributed by atoms with Gasteiger partial charge in [-0.1, -0.05) is 42.0 Å². The van der Waals surface area contributed by atoms with Gasteiger partial charge in [0.2, 0.25) is 0 Å². The molecule has 2 nitrogen and oxygen atoms in total. The van der Waals surface area contributed by atoms with E-state index in [1.807, 2.05) is 25.1 Å². The van der Waals surface area contributed by atoms with Crippen molar-refractivity contribution in [1.29, 1.82) is 0 Å². The lowest BCUT2D eigenvalue weighted by Gasteiger charge is -2.22. The Kier molecular flexibility index (Phi) is 5.10. The van der Waals surface area contributed by atoms with E-state index < -0.39 is 0 Å². The van der Waals surface area contributed by atoms with Crippen molar-refractivity contribution in [2.75, 3.05) is 7.11 Å². The first-order valence-corrected chi connectivity index (χ1v) is 7.61. The molecule has 0 spiro atoms. The average Bonchev–Trinajstić information content (AvgIpc) is 2.46. The van der Waals surface area contributed by atoms with Crippen LogP contribution in [0.4, 0.5) is 0 Å². The molecule has 2 N–H and O–H groups in total. The Morgan fingerprint density at radius 3 is 2.30 bits per heavy atom. The van der Waals surface area contributed by atoms with Crippen LogP contribution in [0.25, 0.3) is 0 Å². The molecule has 0 aliphatic rings. The SMILES string of the molecule is COc1ccccc1SC(c1ccc(C)cc1)C(C)N. The molecule has 0 heterocycles. The van der Waals surface area contributed by atoms with Crippen LogP contribution in [0, 0.1) is 6.92 Å². The van der Waals surface area contributed by atoms with E-state index in [0.29, 0.717) is 0 Å². The van der Waals surface area contributed by atoms with Gasteiger partial charge in [0.25, 0.3) is 0 Å².